The van der Waals surface area contributed by atoms with Crippen molar-refractivity contribution in [1.82, 2.24) is 0 Å². The number of anilines is 1. The van der Waals surface area contributed by atoms with Crippen LogP contribution in [0.4, 0.5) is 14.5 Å². The Bertz CT molecular complexity index is 823. The Labute approximate surface area is 136 Å². The highest BCUT2D eigenvalue weighted by molar-refractivity contribution is 7.92. The summed E-state index contributed by atoms with van der Waals surface area (Å²) in [5.74, 6) is -1.61. The maximum Gasteiger partial charge on any atom is 0.262 e. The summed E-state index contributed by atoms with van der Waals surface area (Å²) in [6.07, 6.45) is 0. The van der Waals surface area contributed by atoms with Crippen LogP contribution in [-0.4, -0.2) is 22.6 Å². The van der Waals surface area contributed by atoms with E-state index in [9.17, 15) is 17.2 Å². The minimum absolute atomic E-state index is 0.00275. The van der Waals surface area contributed by atoms with E-state index in [2.05, 4.69) is 4.72 Å². The van der Waals surface area contributed by atoms with Gasteiger partial charge < -0.3 is 9.47 Å². The summed E-state index contributed by atoms with van der Waals surface area (Å²) >= 11 is 5.95. The van der Waals surface area contributed by atoms with Crippen LogP contribution in [-0.2, 0) is 10.0 Å². The maximum atomic E-state index is 13.2. The fourth-order valence-electron chi connectivity index (χ4n) is 1.83. The summed E-state index contributed by atoms with van der Waals surface area (Å²) in [5, 5.41) is 0.136. The average molecular weight is 364 g/mol. The van der Waals surface area contributed by atoms with Crippen LogP contribution in [0.2, 0.25) is 5.02 Å². The molecule has 124 valence electrons. The fourth-order valence-corrected chi connectivity index (χ4v) is 3.17. The summed E-state index contributed by atoms with van der Waals surface area (Å²) in [4.78, 5) is -0.566. The summed E-state index contributed by atoms with van der Waals surface area (Å²) in [5.41, 5.74) is 0.00275. The molecule has 0 radical (unpaired) electrons. The zero-order valence-electron chi connectivity index (χ0n) is 12.1. The highest BCUT2D eigenvalue weighted by Crippen LogP contribution is 2.36. The van der Waals surface area contributed by atoms with Gasteiger partial charge in [-0.15, -0.1) is 0 Å². The summed E-state index contributed by atoms with van der Waals surface area (Å²) in [7, 11) is -1.53. The lowest BCUT2D eigenvalue weighted by Gasteiger charge is -2.14. The van der Waals surface area contributed by atoms with E-state index in [1.807, 2.05) is 0 Å². The maximum absolute atomic E-state index is 13.2. The van der Waals surface area contributed by atoms with E-state index >= 15 is 0 Å². The van der Waals surface area contributed by atoms with Crippen LogP contribution < -0.4 is 14.2 Å². The molecule has 0 bridgehead atoms. The lowest BCUT2D eigenvalue weighted by Crippen LogP contribution is -2.14. The van der Waals surface area contributed by atoms with E-state index in [-0.39, 0.29) is 22.2 Å². The molecule has 0 spiro atoms. The third-order valence-electron chi connectivity index (χ3n) is 2.86. The average Bonchev–Trinajstić information content (AvgIpc) is 2.46. The molecule has 0 unspecified atom stereocenters. The van der Waals surface area contributed by atoms with Crippen LogP contribution in [0.5, 0.6) is 11.5 Å². The van der Waals surface area contributed by atoms with Crippen molar-refractivity contribution in [2.45, 2.75) is 4.90 Å². The SMILES string of the molecule is COc1cc(OC)c(NS(=O)(=O)c2cc(F)cc(F)c2)cc1Cl. The van der Waals surface area contributed by atoms with Crippen LogP contribution >= 0.6 is 11.6 Å². The molecule has 2 aromatic carbocycles. The molecule has 0 aliphatic carbocycles. The van der Waals surface area contributed by atoms with Crippen LogP contribution in [0.3, 0.4) is 0 Å². The van der Waals surface area contributed by atoms with Gasteiger partial charge in [-0.1, -0.05) is 11.6 Å². The standard InChI is InChI=1S/C14H12ClF2NO4S/c1-21-13-7-14(22-2)12(6-11(13)15)18-23(19,20)10-4-8(16)3-9(17)5-10/h3-7,18H,1-2H3. The Morgan fingerprint density at radius 1 is 0.957 bits per heavy atom. The molecule has 0 aromatic heterocycles. The van der Waals surface area contributed by atoms with Crippen molar-refractivity contribution < 1.29 is 26.7 Å². The van der Waals surface area contributed by atoms with Gasteiger partial charge >= 0.3 is 0 Å². The molecule has 0 atom stereocenters. The molecular formula is C14H12ClF2NO4S. The van der Waals surface area contributed by atoms with Crippen molar-refractivity contribution in [2.75, 3.05) is 18.9 Å². The summed E-state index contributed by atoms with van der Waals surface area (Å²) < 4.78 is 63.2. The number of halogens is 3. The van der Waals surface area contributed by atoms with Crippen LogP contribution in [0, 0.1) is 11.6 Å². The second-order valence-corrected chi connectivity index (χ2v) is 6.49. The number of methoxy groups -OCH3 is 2. The number of hydrogen-bond donors (Lipinski definition) is 1. The first-order valence-electron chi connectivity index (χ1n) is 6.17. The van der Waals surface area contributed by atoms with Crippen molar-refractivity contribution in [2.24, 2.45) is 0 Å². The summed E-state index contributed by atoms with van der Waals surface area (Å²) in [6.45, 7) is 0. The minimum atomic E-state index is -4.24. The molecule has 5 nitrogen and oxygen atoms in total. The number of rotatable bonds is 5. The molecule has 0 heterocycles. The van der Waals surface area contributed by atoms with E-state index in [4.69, 9.17) is 21.1 Å². The van der Waals surface area contributed by atoms with Crippen molar-refractivity contribution >= 4 is 27.3 Å². The van der Waals surface area contributed by atoms with Crippen molar-refractivity contribution in [3.63, 3.8) is 0 Å². The van der Waals surface area contributed by atoms with Crippen LogP contribution in [0.25, 0.3) is 0 Å². The lowest BCUT2D eigenvalue weighted by molar-refractivity contribution is 0.396. The van der Waals surface area contributed by atoms with Crippen LogP contribution in [0.1, 0.15) is 0 Å². The molecule has 9 heteroatoms. The quantitative estimate of drug-likeness (QED) is 0.883. The number of hydrogen-bond acceptors (Lipinski definition) is 4. The van der Waals surface area contributed by atoms with Gasteiger partial charge in [-0.2, -0.15) is 0 Å². The first-order valence-corrected chi connectivity index (χ1v) is 8.03. The third kappa shape index (κ3) is 3.83. The second-order valence-electron chi connectivity index (χ2n) is 4.40. The predicted molar refractivity (Wildman–Crippen MR) is 81.7 cm³/mol. The number of nitrogens with one attached hydrogen (secondary N) is 1. The predicted octanol–water partition coefficient (Wildman–Crippen LogP) is 3.44. The van der Waals surface area contributed by atoms with E-state index in [0.717, 1.165) is 0 Å². The molecule has 0 fully saturated rings. The van der Waals surface area contributed by atoms with Crippen molar-refractivity contribution in [3.8, 4) is 11.5 Å². The zero-order chi connectivity index (χ0) is 17.2. The Morgan fingerprint density at radius 3 is 2.04 bits per heavy atom. The van der Waals surface area contributed by atoms with Gasteiger partial charge in [-0.25, -0.2) is 17.2 Å². The fraction of sp³-hybridized carbons (Fsp3) is 0.143. The van der Waals surface area contributed by atoms with Crippen molar-refractivity contribution in [1.29, 1.82) is 0 Å². The molecule has 2 rings (SSSR count). The Hall–Kier alpha value is -2.06. The number of ether oxygens (including phenoxy) is 2. The first-order chi connectivity index (χ1) is 10.8. The molecule has 0 saturated heterocycles. The van der Waals surface area contributed by atoms with Gasteiger partial charge in [0.25, 0.3) is 10.0 Å². The normalized spacial score (nSPS) is 11.2. The number of sulfonamides is 1. The second kappa shape index (κ2) is 6.59. The Morgan fingerprint density at radius 2 is 1.52 bits per heavy atom. The van der Waals surface area contributed by atoms with Gasteiger partial charge in [0.2, 0.25) is 0 Å². The minimum Gasteiger partial charge on any atom is -0.495 e. The number of benzene rings is 2. The molecule has 0 aliphatic heterocycles. The van der Waals surface area contributed by atoms with Crippen LogP contribution in [0.15, 0.2) is 35.2 Å². The van der Waals surface area contributed by atoms with E-state index in [0.29, 0.717) is 18.2 Å². The van der Waals surface area contributed by atoms with Gasteiger partial charge in [0.1, 0.15) is 23.1 Å². The first kappa shape index (κ1) is 17.3. The van der Waals surface area contributed by atoms with Gasteiger partial charge in [-0.3, -0.25) is 4.72 Å². The van der Waals surface area contributed by atoms with Gasteiger partial charge in [0, 0.05) is 12.1 Å². The third-order valence-corrected chi connectivity index (χ3v) is 4.50. The van der Waals surface area contributed by atoms with E-state index in [1.54, 1.807) is 0 Å². The molecule has 0 amide bonds. The topological polar surface area (TPSA) is 64.6 Å². The molecule has 0 saturated carbocycles. The smallest absolute Gasteiger partial charge is 0.262 e. The molecule has 2 aromatic rings. The largest absolute Gasteiger partial charge is 0.495 e. The molecule has 0 aliphatic rings. The van der Waals surface area contributed by atoms with Gasteiger partial charge in [0.15, 0.2) is 0 Å². The molecule has 23 heavy (non-hydrogen) atoms. The highest BCUT2D eigenvalue weighted by Gasteiger charge is 2.20. The molecular weight excluding hydrogens is 352 g/mol. The lowest BCUT2D eigenvalue weighted by atomic mass is 10.3. The van der Waals surface area contributed by atoms with Gasteiger partial charge in [0.05, 0.1) is 29.8 Å². The van der Waals surface area contributed by atoms with E-state index < -0.39 is 26.6 Å². The highest BCUT2D eigenvalue weighted by atomic mass is 35.5. The monoisotopic (exact) mass is 363 g/mol. The summed E-state index contributed by atoms with van der Waals surface area (Å²) in [6, 6.07) is 4.62. The van der Waals surface area contributed by atoms with E-state index in [1.165, 1.54) is 26.4 Å². The Balaban J connectivity index is 2.46. The van der Waals surface area contributed by atoms with Crippen molar-refractivity contribution in [3.05, 3.63) is 47.0 Å². The van der Waals surface area contributed by atoms with Gasteiger partial charge in [-0.05, 0) is 18.2 Å². The molecule has 1 N–H and O–H groups in total. The zero-order valence-corrected chi connectivity index (χ0v) is 13.6. The Kier molecular flexibility index (Phi) is 4.96.